The maximum absolute atomic E-state index is 11.8. The highest BCUT2D eigenvalue weighted by atomic mass is 32.2. The molecule has 1 rings (SSSR count). The van der Waals surface area contributed by atoms with E-state index >= 15 is 0 Å². The largest absolute Gasteiger partial charge is 0.468 e. The van der Waals surface area contributed by atoms with E-state index in [2.05, 4.69) is 4.74 Å². The Morgan fingerprint density at radius 2 is 2.13 bits per heavy atom. The van der Waals surface area contributed by atoms with Crippen LogP contribution in [0, 0.1) is 6.42 Å². The second kappa shape index (κ2) is 4.46. The van der Waals surface area contributed by atoms with Crippen LogP contribution in [-0.4, -0.2) is 56.8 Å². The van der Waals surface area contributed by atoms with E-state index in [-0.39, 0.29) is 6.54 Å². The minimum Gasteiger partial charge on any atom is -0.468 e. The fourth-order valence-electron chi connectivity index (χ4n) is 1.42. The minimum atomic E-state index is -3.55. The van der Waals surface area contributed by atoms with Crippen molar-refractivity contribution in [2.75, 3.05) is 27.7 Å². The Labute approximate surface area is 90.0 Å². The van der Waals surface area contributed by atoms with E-state index in [1.165, 1.54) is 21.2 Å². The van der Waals surface area contributed by atoms with E-state index in [4.69, 9.17) is 0 Å². The highest BCUT2D eigenvalue weighted by Crippen LogP contribution is 2.22. The van der Waals surface area contributed by atoms with E-state index in [1.54, 1.807) is 6.42 Å². The van der Waals surface area contributed by atoms with Crippen molar-refractivity contribution in [3.63, 3.8) is 0 Å². The highest BCUT2D eigenvalue weighted by Gasteiger charge is 2.40. The molecule has 1 heterocycles. The van der Waals surface area contributed by atoms with Crippen LogP contribution in [0.3, 0.4) is 0 Å². The van der Waals surface area contributed by atoms with Crippen LogP contribution in [-0.2, 0) is 19.7 Å². The number of hydrogen-bond donors (Lipinski definition) is 0. The van der Waals surface area contributed by atoms with Crippen LogP contribution < -0.4 is 0 Å². The van der Waals surface area contributed by atoms with Crippen molar-refractivity contribution in [2.24, 2.45) is 0 Å². The van der Waals surface area contributed by atoms with Gasteiger partial charge in [0.2, 0.25) is 0 Å². The van der Waals surface area contributed by atoms with Crippen molar-refractivity contribution in [1.29, 1.82) is 0 Å². The van der Waals surface area contributed by atoms with Crippen molar-refractivity contribution < 1.29 is 17.9 Å². The summed E-state index contributed by atoms with van der Waals surface area (Å²) in [4.78, 5) is 11.3. The van der Waals surface area contributed by atoms with Gasteiger partial charge < -0.3 is 4.74 Å². The predicted octanol–water partition coefficient (Wildman–Crippen LogP) is -0.756. The Balaban J connectivity index is 2.91. The van der Waals surface area contributed by atoms with Gasteiger partial charge in [0.25, 0.3) is 10.2 Å². The number of rotatable bonds is 3. The van der Waals surface area contributed by atoms with Crippen LogP contribution in [0.2, 0.25) is 0 Å². The molecule has 1 atom stereocenters. The SMILES string of the molecule is COC(=O)[C@@H]1C[CH]CN1S(=O)(=O)N(C)C. The molecule has 1 aliphatic rings. The second-order valence-electron chi connectivity index (χ2n) is 3.42. The number of methoxy groups -OCH3 is 1. The fourth-order valence-corrected chi connectivity index (χ4v) is 2.63. The van der Waals surface area contributed by atoms with E-state index in [0.29, 0.717) is 6.42 Å². The summed E-state index contributed by atoms with van der Waals surface area (Å²) in [5, 5.41) is 0. The fraction of sp³-hybridized carbons (Fsp3) is 0.750. The summed E-state index contributed by atoms with van der Waals surface area (Å²) in [6.45, 7) is 0.250. The summed E-state index contributed by atoms with van der Waals surface area (Å²) in [5.74, 6) is -0.519. The molecule has 0 N–H and O–H groups in total. The number of carbonyl (C=O) groups is 1. The molecule has 0 bridgehead atoms. The molecular weight excluding hydrogens is 220 g/mol. The Hall–Kier alpha value is -0.660. The topological polar surface area (TPSA) is 66.9 Å². The Morgan fingerprint density at radius 3 is 2.60 bits per heavy atom. The lowest BCUT2D eigenvalue weighted by molar-refractivity contribution is -0.144. The number of nitrogens with zero attached hydrogens (tertiary/aromatic N) is 2. The zero-order valence-electron chi connectivity index (χ0n) is 9.00. The summed E-state index contributed by atoms with van der Waals surface area (Å²) in [6, 6.07) is -0.720. The van der Waals surface area contributed by atoms with Crippen LogP contribution in [0.25, 0.3) is 0 Å². The van der Waals surface area contributed by atoms with Crippen LogP contribution in [0.5, 0.6) is 0 Å². The summed E-state index contributed by atoms with van der Waals surface area (Å²) in [7, 11) is 0.570. The summed E-state index contributed by atoms with van der Waals surface area (Å²) in [5.41, 5.74) is 0. The van der Waals surface area contributed by atoms with Crippen LogP contribution in [0.4, 0.5) is 0 Å². The first-order valence-corrected chi connectivity index (χ1v) is 5.89. The average Bonchev–Trinajstić information content (AvgIpc) is 2.65. The molecule has 15 heavy (non-hydrogen) atoms. The lowest BCUT2D eigenvalue weighted by Crippen LogP contribution is -2.46. The molecule has 1 saturated heterocycles. The summed E-state index contributed by atoms with van der Waals surface area (Å²) >= 11 is 0. The third-order valence-electron chi connectivity index (χ3n) is 2.28. The van der Waals surface area contributed by atoms with Gasteiger partial charge in [-0.1, -0.05) is 0 Å². The van der Waals surface area contributed by atoms with E-state index in [9.17, 15) is 13.2 Å². The Morgan fingerprint density at radius 1 is 1.53 bits per heavy atom. The lowest BCUT2D eigenvalue weighted by Gasteiger charge is -2.25. The van der Waals surface area contributed by atoms with E-state index in [1.807, 2.05) is 0 Å². The normalized spacial score (nSPS) is 23.3. The Bertz CT molecular complexity index is 339. The van der Waals surface area contributed by atoms with Gasteiger partial charge in [-0.25, -0.2) is 0 Å². The van der Waals surface area contributed by atoms with Gasteiger partial charge in [0.1, 0.15) is 6.04 Å². The van der Waals surface area contributed by atoms with Gasteiger partial charge in [-0.15, -0.1) is 0 Å². The van der Waals surface area contributed by atoms with Crippen LogP contribution in [0.15, 0.2) is 0 Å². The van der Waals surface area contributed by atoms with E-state index in [0.717, 1.165) is 8.61 Å². The van der Waals surface area contributed by atoms with Gasteiger partial charge in [0.15, 0.2) is 0 Å². The van der Waals surface area contributed by atoms with Gasteiger partial charge in [-0.2, -0.15) is 17.0 Å². The molecule has 0 saturated carbocycles. The third-order valence-corrected chi connectivity index (χ3v) is 4.20. The molecular formula is C8H15N2O4S. The quantitative estimate of drug-likeness (QED) is 0.603. The zero-order valence-corrected chi connectivity index (χ0v) is 9.82. The Kier molecular flexibility index (Phi) is 3.69. The van der Waals surface area contributed by atoms with Crippen LogP contribution in [0.1, 0.15) is 6.42 Å². The first-order chi connectivity index (χ1) is 6.91. The zero-order chi connectivity index (χ0) is 11.6. The van der Waals surface area contributed by atoms with Crippen molar-refractivity contribution >= 4 is 16.2 Å². The number of esters is 1. The molecule has 0 amide bonds. The molecule has 0 aromatic carbocycles. The highest BCUT2D eigenvalue weighted by molar-refractivity contribution is 7.86. The predicted molar refractivity (Wildman–Crippen MR) is 54.0 cm³/mol. The summed E-state index contributed by atoms with van der Waals surface area (Å²) < 4.78 is 30.4. The third kappa shape index (κ3) is 2.30. The molecule has 7 heteroatoms. The molecule has 0 spiro atoms. The molecule has 0 aliphatic carbocycles. The smallest absolute Gasteiger partial charge is 0.324 e. The first kappa shape index (κ1) is 12.4. The summed E-state index contributed by atoms with van der Waals surface area (Å²) in [6.07, 6.45) is 2.16. The van der Waals surface area contributed by atoms with Gasteiger partial charge in [0.05, 0.1) is 7.11 Å². The van der Waals surface area contributed by atoms with Crippen molar-refractivity contribution in [1.82, 2.24) is 8.61 Å². The maximum Gasteiger partial charge on any atom is 0.324 e. The molecule has 1 aliphatic heterocycles. The van der Waals surface area contributed by atoms with Crippen molar-refractivity contribution in [3.05, 3.63) is 6.42 Å². The first-order valence-electron chi connectivity index (χ1n) is 4.50. The minimum absolute atomic E-state index is 0.250. The second-order valence-corrected chi connectivity index (χ2v) is 5.52. The number of hydrogen-bond acceptors (Lipinski definition) is 4. The average molecular weight is 235 g/mol. The van der Waals surface area contributed by atoms with Crippen LogP contribution >= 0.6 is 0 Å². The van der Waals surface area contributed by atoms with Crippen molar-refractivity contribution in [3.8, 4) is 0 Å². The van der Waals surface area contributed by atoms with Gasteiger partial charge >= 0.3 is 5.97 Å². The van der Waals surface area contributed by atoms with E-state index < -0.39 is 22.2 Å². The lowest BCUT2D eigenvalue weighted by atomic mass is 10.2. The number of carbonyl (C=O) groups excluding carboxylic acids is 1. The molecule has 0 unspecified atom stereocenters. The molecule has 87 valence electrons. The molecule has 1 fully saturated rings. The monoisotopic (exact) mass is 235 g/mol. The van der Waals surface area contributed by atoms with Gasteiger partial charge in [0, 0.05) is 20.6 Å². The number of ether oxygens (including phenoxy) is 1. The van der Waals surface area contributed by atoms with Gasteiger partial charge in [-0.3, -0.25) is 4.79 Å². The maximum atomic E-state index is 11.8. The van der Waals surface area contributed by atoms with Gasteiger partial charge in [-0.05, 0) is 12.8 Å². The molecule has 0 aromatic rings. The standard InChI is InChI=1S/C8H15N2O4S/c1-9(2)15(12,13)10-6-4-5-7(10)8(11)14-3/h4,7H,5-6H2,1-3H3/t7-/m0/s1. The van der Waals surface area contributed by atoms with Crippen molar-refractivity contribution in [2.45, 2.75) is 12.5 Å². The molecule has 6 nitrogen and oxygen atoms in total. The molecule has 0 aromatic heterocycles. The molecule has 1 radical (unpaired) electrons.